The van der Waals surface area contributed by atoms with E-state index in [0.29, 0.717) is 5.39 Å². The maximum absolute atomic E-state index is 13.7. The van der Waals surface area contributed by atoms with E-state index in [9.17, 15) is 17.6 Å². The van der Waals surface area contributed by atoms with E-state index in [1.54, 1.807) is 6.92 Å². The fourth-order valence-corrected chi connectivity index (χ4v) is 1.85. The van der Waals surface area contributed by atoms with Gasteiger partial charge in [0.15, 0.2) is 11.6 Å². The summed E-state index contributed by atoms with van der Waals surface area (Å²) >= 11 is 0. The second-order valence-corrected chi connectivity index (χ2v) is 4.04. The molecule has 1 heterocycles. The van der Waals surface area contributed by atoms with Crippen LogP contribution in [0.1, 0.15) is 12.6 Å². The van der Waals surface area contributed by atoms with Crippen molar-refractivity contribution in [3.63, 3.8) is 0 Å². The van der Waals surface area contributed by atoms with Crippen LogP contribution in [0, 0.1) is 5.82 Å². The highest BCUT2D eigenvalue weighted by Crippen LogP contribution is 2.35. The Kier molecular flexibility index (Phi) is 3.69. The van der Waals surface area contributed by atoms with Crippen molar-refractivity contribution in [1.82, 2.24) is 4.98 Å². The first-order chi connectivity index (χ1) is 9.36. The third kappa shape index (κ3) is 2.61. The van der Waals surface area contributed by atoms with Gasteiger partial charge in [0, 0.05) is 24.2 Å². The standard InChI is InChI=1S/C13H12F4N2O/c1-3-20-11-4-7-9(18-2)6-12(13(15,16)17)19-10(7)5-8(11)14/h4-6H,3H2,1-2H3,(H,18,19). The van der Waals surface area contributed by atoms with E-state index in [4.69, 9.17) is 4.74 Å². The highest BCUT2D eigenvalue weighted by atomic mass is 19.4. The summed E-state index contributed by atoms with van der Waals surface area (Å²) in [7, 11) is 1.48. The topological polar surface area (TPSA) is 34.1 Å². The molecule has 1 aromatic carbocycles. The molecule has 0 saturated heterocycles. The summed E-state index contributed by atoms with van der Waals surface area (Å²) in [5.41, 5.74) is -0.939. The van der Waals surface area contributed by atoms with Gasteiger partial charge in [-0.1, -0.05) is 0 Å². The summed E-state index contributed by atoms with van der Waals surface area (Å²) in [5, 5.41) is 3.02. The molecule has 0 saturated carbocycles. The van der Waals surface area contributed by atoms with Crippen molar-refractivity contribution in [2.75, 3.05) is 19.0 Å². The van der Waals surface area contributed by atoms with Crippen molar-refractivity contribution in [1.29, 1.82) is 0 Å². The Bertz CT molecular complexity index is 640. The van der Waals surface area contributed by atoms with E-state index in [2.05, 4.69) is 10.3 Å². The van der Waals surface area contributed by atoms with Gasteiger partial charge in [0.05, 0.1) is 12.1 Å². The summed E-state index contributed by atoms with van der Waals surface area (Å²) in [5.74, 6) is -0.758. The molecular formula is C13H12F4N2O. The fraction of sp³-hybridized carbons (Fsp3) is 0.308. The summed E-state index contributed by atoms with van der Waals surface area (Å²) in [6, 6.07) is 3.17. The molecule has 0 amide bonds. The number of alkyl halides is 3. The number of nitrogens with one attached hydrogen (secondary N) is 1. The van der Waals surface area contributed by atoms with Crippen molar-refractivity contribution in [3.05, 3.63) is 29.7 Å². The molecule has 2 rings (SSSR count). The van der Waals surface area contributed by atoms with Gasteiger partial charge in [-0.25, -0.2) is 9.37 Å². The normalized spacial score (nSPS) is 11.7. The number of anilines is 1. The van der Waals surface area contributed by atoms with E-state index in [1.807, 2.05) is 0 Å². The maximum atomic E-state index is 13.7. The van der Waals surface area contributed by atoms with Gasteiger partial charge in [0.1, 0.15) is 5.69 Å². The van der Waals surface area contributed by atoms with E-state index < -0.39 is 17.7 Å². The molecule has 0 aliphatic heterocycles. The minimum absolute atomic E-state index is 0.0157. The smallest absolute Gasteiger partial charge is 0.433 e. The molecule has 108 valence electrons. The highest BCUT2D eigenvalue weighted by Gasteiger charge is 2.33. The number of aromatic nitrogens is 1. The molecule has 2 aromatic rings. The van der Waals surface area contributed by atoms with Crippen molar-refractivity contribution in [3.8, 4) is 5.75 Å². The first kappa shape index (κ1) is 14.4. The second kappa shape index (κ2) is 5.15. The first-order valence-corrected chi connectivity index (χ1v) is 5.89. The molecule has 0 radical (unpaired) electrons. The number of hydrogen-bond acceptors (Lipinski definition) is 3. The Morgan fingerprint density at radius 3 is 2.50 bits per heavy atom. The van der Waals surface area contributed by atoms with Crippen LogP contribution < -0.4 is 10.1 Å². The molecule has 0 aliphatic carbocycles. The second-order valence-electron chi connectivity index (χ2n) is 4.04. The molecular weight excluding hydrogens is 276 g/mol. The molecule has 0 aliphatic rings. The zero-order valence-electron chi connectivity index (χ0n) is 10.8. The predicted molar refractivity (Wildman–Crippen MR) is 67.4 cm³/mol. The zero-order valence-corrected chi connectivity index (χ0v) is 10.8. The van der Waals surface area contributed by atoms with Crippen LogP contribution in [-0.4, -0.2) is 18.6 Å². The zero-order chi connectivity index (χ0) is 14.9. The van der Waals surface area contributed by atoms with Gasteiger partial charge in [-0.2, -0.15) is 13.2 Å². The lowest BCUT2D eigenvalue weighted by Gasteiger charge is -2.13. The van der Waals surface area contributed by atoms with E-state index >= 15 is 0 Å². The quantitative estimate of drug-likeness (QED) is 0.871. The molecule has 1 aromatic heterocycles. The molecule has 0 atom stereocenters. The monoisotopic (exact) mass is 288 g/mol. The fourth-order valence-electron chi connectivity index (χ4n) is 1.85. The van der Waals surface area contributed by atoms with E-state index in [0.717, 1.165) is 12.1 Å². The van der Waals surface area contributed by atoms with Gasteiger partial charge in [0.2, 0.25) is 0 Å². The van der Waals surface area contributed by atoms with Crippen LogP contribution in [0.25, 0.3) is 10.9 Å². The first-order valence-electron chi connectivity index (χ1n) is 5.89. The van der Waals surface area contributed by atoms with Crippen molar-refractivity contribution in [2.24, 2.45) is 0 Å². The number of fused-ring (bicyclic) bond motifs is 1. The Balaban J connectivity index is 2.71. The summed E-state index contributed by atoms with van der Waals surface area (Å²) in [6.07, 6.45) is -4.59. The number of nitrogens with zero attached hydrogens (tertiary/aromatic N) is 1. The van der Waals surface area contributed by atoms with Crippen molar-refractivity contribution < 1.29 is 22.3 Å². The maximum Gasteiger partial charge on any atom is 0.433 e. The SMILES string of the molecule is CCOc1cc2c(NC)cc(C(F)(F)F)nc2cc1F. The number of halogens is 4. The summed E-state index contributed by atoms with van der Waals surface area (Å²) in [6.45, 7) is 1.94. The van der Waals surface area contributed by atoms with Gasteiger partial charge in [0.25, 0.3) is 0 Å². The van der Waals surface area contributed by atoms with Crippen LogP contribution in [-0.2, 0) is 6.18 Å². The largest absolute Gasteiger partial charge is 0.491 e. The summed E-state index contributed by atoms with van der Waals surface area (Å²) < 4.78 is 57.0. The molecule has 1 N–H and O–H groups in total. The van der Waals surface area contributed by atoms with E-state index in [-0.39, 0.29) is 23.6 Å². The number of ether oxygens (including phenoxy) is 1. The molecule has 0 fully saturated rings. The predicted octanol–water partition coefficient (Wildman–Crippen LogP) is 3.83. The lowest BCUT2D eigenvalue weighted by molar-refractivity contribution is -0.140. The third-order valence-electron chi connectivity index (χ3n) is 2.72. The molecule has 20 heavy (non-hydrogen) atoms. The van der Waals surface area contributed by atoms with Gasteiger partial charge in [-0.15, -0.1) is 0 Å². The number of pyridine rings is 1. The van der Waals surface area contributed by atoms with Crippen LogP contribution >= 0.6 is 0 Å². The summed E-state index contributed by atoms with van der Waals surface area (Å²) in [4.78, 5) is 3.46. The van der Waals surface area contributed by atoms with Gasteiger partial charge < -0.3 is 10.1 Å². The average molecular weight is 288 g/mol. The van der Waals surface area contributed by atoms with Gasteiger partial charge >= 0.3 is 6.18 Å². The molecule has 0 spiro atoms. The third-order valence-corrected chi connectivity index (χ3v) is 2.72. The van der Waals surface area contributed by atoms with Gasteiger partial charge in [-0.05, 0) is 19.1 Å². The van der Waals surface area contributed by atoms with Gasteiger partial charge in [-0.3, -0.25) is 0 Å². The average Bonchev–Trinajstić information content (AvgIpc) is 2.37. The van der Waals surface area contributed by atoms with Crippen molar-refractivity contribution >= 4 is 16.6 Å². The van der Waals surface area contributed by atoms with Crippen LogP contribution in [0.15, 0.2) is 18.2 Å². The molecule has 0 bridgehead atoms. The minimum Gasteiger partial charge on any atom is -0.491 e. The Morgan fingerprint density at radius 1 is 1.25 bits per heavy atom. The van der Waals surface area contributed by atoms with Crippen LogP contribution in [0.4, 0.5) is 23.2 Å². The Labute approximate surface area is 112 Å². The number of benzene rings is 1. The lowest BCUT2D eigenvalue weighted by Crippen LogP contribution is -2.09. The molecule has 3 nitrogen and oxygen atoms in total. The van der Waals surface area contributed by atoms with E-state index in [1.165, 1.54) is 13.1 Å². The van der Waals surface area contributed by atoms with Crippen LogP contribution in [0.5, 0.6) is 5.75 Å². The van der Waals surface area contributed by atoms with Crippen LogP contribution in [0.2, 0.25) is 0 Å². The molecule has 7 heteroatoms. The number of hydrogen-bond donors (Lipinski definition) is 1. The Hall–Kier alpha value is -2.05. The lowest BCUT2D eigenvalue weighted by atomic mass is 10.1. The highest BCUT2D eigenvalue weighted by molar-refractivity contribution is 5.92. The molecule has 0 unspecified atom stereocenters. The number of rotatable bonds is 3. The van der Waals surface area contributed by atoms with Crippen molar-refractivity contribution in [2.45, 2.75) is 13.1 Å². The minimum atomic E-state index is -4.59. The van der Waals surface area contributed by atoms with Crippen LogP contribution in [0.3, 0.4) is 0 Å². The Morgan fingerprint density at radius 2 is 1.95 bits per heavy atom.